The second-order valence-electron chi connectivity index (χ2n) is 3.94. The van der Waals surface area contributed by atoms with Crippen molar-refractivity contribution in [2.24, 2.45) is 5.41 Å². The van der Waals surface area contributed by atoms with E-state index < -0.39 is 12.0 Å². The fraction of sp³-hybridized carbons (Fsp3) is 0.875. The van der Waals surface area contributed by atoms with Gasteiger partial charge in [-0.2, -0.15) is 0 Å². The number of carbonyl (C=O) groups is 1. The number of aliphatic carboxylic acids is 1. The van der Waals surface area contributed by atoms with Crippen molar-refractivity contribution in [1.29, 1.82) is 0 Å². The van der Waals surface area contributed by atoms with Crippen molar-refractivity contribution in [3.05, 3.63) is 0 Å². The summed E-state index contributed by atoms with van der Waals surface area (Å²) in [4.78, 5) is 10.5. The molecule has 0 aliphatic carbocycles. The normalized spacial score (nSPS) is 14.5. The van der Waals surface area contributed by atoms with Crippen LogP contribution in [0.3, 0.4) is 0 Å². The fourth-order valence-electron chi connectivity index (χ4n) is 0.925. The fourth-order valence-corrected chi connectivity index (χ4v) is 0.925. The van der Waals surface area contributed by atoms with Gasteiger partial charge in [-0.1, -0.05) is 20.8 Å². The molecule has 0 aliphatic rings. The van der Waals surface area contributed by atoms with Crippen molar-refractivity contribution in [3.63, 3.8) is 0 Å². The van der Waals surface area contributed by atoms with Gasteiger partial charge in [-0.25, -0.2) is 0 Å². The summed E-state index contributed by atoms with van der Waals surface area (Å²) in [5.74, 6) is -0.776. The molecule has 2 N–H and O–H groups in total. The number of hydrogen-bond donors (Lipinski definition) is 2. The van der Waals surface area contributed by atoms with Crippen molar-refractivity contribution in [2.75, 3.05) is 7.05 Å². The number of likely N-dealkylation sites (N-methyl/N-ethyl adjacent to an activating group) is 1. The minimum atomic E-state index is -0.776. The molecule has 66 valence electrons. The quantitative estimate of drug-likeness (QED) is 0.648. The second-order valence-corrected chi connectivity index (χ2v) is 3.94. The van der Waals surface area contributed by atoms with Gasteiger partial charge < -0.3 is 10.4 Å². The van der Waals surface area contributed by atoms with Crippen LogP contribution in [0, 0.1) is 5.41 Å². The van der Waals surface area contributed by atoms with Gasteiger partial charge >= 0.3 is 5.97 Å². The highest BCUT2D eigenvalue weighted by Crippen LogP contribution is 2.20. The van der Waals surface area contributed by atoms with E-state index in [0.717, 1.165) is 0 Å². The summed E-state index contributed by atoms with van der Waals surface area (Å²) in [7, 11) is 1.67. The lowest BCUT2D eigenvalue weighted by Gasteiger charge is -2.22. The SMILES string of the molecule is CN[C@H](CC(C)(C)C)C(=O)O. The molecular weight excluding hydrogens is 142 g/mol. The van der Waals surface area contributed by atoms with Crippen molar-refractivity contribution in [3.8, 4) is 0 Å². The first-order valence-electron chi connectivity index (χ1n) is 3.77. The maximum atomic E-state index is 10.5. The molecule has 0 rings (SSSR count). The molecule has 3 heteroatoms. The summed E-state index contributed by atoms with van der Waals surface area (Å²) in [6.07, 6.45) is 0.652. The van der Waals surface area contributed by atoms with E-state index in [1.165, 1.54) is 0 Å². The van der Waals surface area contributed by atoms with Crippen LogP contribution in [0.4, 0.5) is 0 Å². The highest BCUT2D eigenvalue weighted by molar-refractivity contribution is 5.73. The Morgan fingerprint density at radius 2 is 2.00 bits per heavy atom. The number of nitrogens with one attached hydrogen (secondary N) is 1. The van der Waals surface area contributed by atoms with Crippen LogP contribution in [-0.2, 0) is 4.79 Å². The zero-order chi connectivity index (χ0) is 9.07. The Labute approximate surface area is 67.8 Å². The van der Waals surface area contributed by atoms with Crippen LogP contribution < -0.4 is 5.32 Å². The van der Waals surface area contributed by atoms with E-state index in [9.17, 15) is 4.79 Å². The minimum absolute atomic E-state index is 0.0616. The number of hydrogen-bond acceptors (Lipinski definition) is 2. The summed E-state index contributed by atoms with van der Waals surface area (Å²) in [5, 5.41) is 11.4. The molecule has 3 nitrogen and oxygen atoms in total. The molecule has 0 bridgehead atoms. The summed E-state index contributed by atoms with van der Waals surface area (Å²) in [5.41, 5.74) is 0.0616. The Morgan fingerprint density at radius 3 is 2.09 bits per heavy atom. The molecule has 0 aliphatic heterocycles. The van der Waals surface area contributed by atoms with Gasteiger partial charge in [0, 0.05) is 0 Å². The largest absolute Gasteiger partial charge is 0.480 e. The monoisotopic (exact) mass is 159 g/mol. The van der Waals surface area contributed by atoms with Gasteiger partial charge in [0.25, 0.3) is 0 Å². The molecule has 0 heterocycles. The second kappa shape index (κ2) is 3.72. The zero-order valence-electron chi connectivity index (χ0n) is 7.64. The van der Waals surface area contributed by atoms with Gasteiger partial charge in [-0.05, 0) is 18.9 Å². The molecule has 1 atom stereocenters. The number of carboxylic acid groups (broad SMARTS) is 1. The van der Waals surface area contributed by atoms with Crippen molar-refractivity contribution in [2.45, 2.75) is 33.2 Å². The first kappa shape index (κ1) is 10.4. The zero-order valence-corrected chi connectivity index (χ0v) is 7.64. The molecule has 0 fully saturated rings. The van der Waals surface area contributed by atoms with Crippen LogP contribution >= 0.6 is 0 Å². The average molecular weight is 159 g/mol. The third-order valence-electron chi connectivity index (χ3n) is 1.46. The Balaban J connectivity index is 3.99. The summed E-state index contributed by atoms with van der Waals surface area (Å²) < 4.78 is 0. The van der Waals surface area contributed by atoms with E-state index in [0.29, 0.717) is 6.42 Å². The molecule has 0 aromatic rings. The molecule has 11 heavy (non-hydrogen) atoms. The topological polar surface area (TPSA) is 49.3 Å². The standard InChI is InChI=1S/C8H17NO2/c1-8(2,3)5-6(9-4)7(10)11/h6,9H,5H2,1-4H3,(H,10,11)/t6-/m1/s1. The van der Waals surface area contributed by atoms with Crippen molar-refractivity contribution in [1.82, 2.24) is 5.32 Å². The van der Waals surface area contributed by atoms with Crippen LogP contribution in [0.1, 0.15) is 27.2 Å². The first-order chi connectivity index (χ1) is 4.87. The molecule has 0 aromatic heterocycles. The van der Waals surface area contributed by atoms with E-state index in [4.69, 9.17) is 5.11 Å². The highest BCUT2D eigenvalue weighted by atomic mass is 16.4. The van der Waals surface area contributed by atoms with Gasteiger partial charge in [0.05, 0.1) is 0 Å². The maximum absolute atomic E-state index is 10.5. The third-order valence-corrected chi connectivity index (χ3v) is 1.46. The molecule has 0 unspecified atom stereocenters. The average Bonchev–Trinajstić information content (AvgIpc) is 1.80. The number of rotatable bonds is 3. The van der Waals surface area contributed by atoms with Gasteiger partial charge in [-0.3, -0.25) is 4.79 Å². The van der Waals surface area contributed by atoms with E-state index in [1.807, 2.05) is 20.8 Å². The van der Waals surface area contributed by atoms with Gasteiger partial charge in [-0.15, -0.1) is 0 Å². The summed E-state index contributed by atoms with van der Waals surface area (Å²) in [6.45, 7) is 6.08. The van der Waals surface area contributed by atoms with Gasteiger partial charge in [0.15, 0.2) is 0 Å². The minimum Gasteiger partial charge on any atom is -0.480 e. The smallest absolute Gasteiger partial charge is 0.320 e. The molecule has 0 radical (unpaired) electrons. The highest BCUT2D eigenvalue weighted by Gasteiger charge is 2.22. The van der Waals surface area contributed by atoms with E-state index in [-0.39, 0.29) is 5.41 Å². The summed E-state index contributed by atoms with van der Waals surface area (Å²) >= 11 is 0. The van der Waals surface area contributed by atoms with E-state index in [1.54, 1.807) is 7.05 Å². The van der Waals surface area contributed by atoms with Crippen LogP contribution in [0.2, 0.25) is 0 Å². The third kappa shape index (κ3) is 4.79. The van der Waals surface area contributed by atoms with Gasteiger partial charge in [0.2, 0.25) is 0 Å². The van der Waals surface area contributed by atoms with Crippen molar-refractivity contribution < 1.29 is 9.90 Å². The lowest BCUT2D eigenvalue weighted by Crippen LogP contribution is -2.37. The molecule has 0 amide bonds. The Kier molecular flexibility index (Phi) is 3.52. The Hall–Kier alpha value is -0.570. The summed E-state index contributed by atoms with van der Waals surface area (Å²) in [6, 6.07) is -0.421. The van der Waals surface area contributed by atoms with E-state index >= 15 is 0 Å². The van der Waals surface area contributed by atoms with Gasteiger partial charge in [0.1, 0.15) is 6.04 Å². The molecular formula is C8H17NO2. The van der Waals surface area contributed by atoms with Crippen LogP contribution in [0.5, 0.6) is 0 Å². The lowest BCUT2D eigenvalue weighted by atomic mass is 9.88. The number of carboxylic acids is 1. The first-order valence-corrected chi connectivity index (χ1v) is 3.77. The predicted octanol–water partition coefficient (Wildman–Crippen LogP) is 1.10. The van der Waals surface area contributed by atoms with E-state index in [2.05, 4.69) is 5.32 Å². The molecule has 0 spiro atoms. The maximum Gasteiger partial charge on any atom is 0.320 e. The molecule has 0 saturated heterocycles. The lowest BCUT2D eigenvalue weighted by molar-refractivity contribution is -0.140. The Morgan fingerprint density at radius 1 is 1.55 bits per heavy atom. The van der Waals surface area contributed by atoms with Crippen molar-refractivity contribution >= 4 is 5.97 Å². The predicted molar refractivity (Wildman–Crippen MR) is 44.6 cm³/mol. The van der Waals surface area contributed by atoms with Crippen LogP contribution in [0.15, 0.2) is 0 Å². The van der Waals surface area contributed by atoms with Crippen LogP contribution in [0.25, 0.3) is 0 Å². The molecule has 0 saturated carbocycles. The molecule has 0 aromatic carbocycles. The van der Waals surface area contributed by atoms with Crippen LogP contribution in [-0.4, -0.2) is 24.2 Å². The Bertz CT molecular complexity index is 138.